The molecule has 2 rings (SSSR count). The Labute approximate surface area is 96.0 Å². The van der Waals surface area contributed by atoms with Crippen molar-refractivity contribution in [3.8, 4) is 5.75 Å². The minimum atomic E-state index is 0.924. The number of nitrogens with one attached hydrogen (secondary N) is 1. The summed E-state index contributed by atoms with van der Waals surface area (Å²) in [5, 5.41) is 4.49. The fraction of sp³-hybridized carbons (Fsp3) is 0.385. The molecule has 0 unspecified atom stereocenters. The van der Waals surface area contributed by atoms with Crippen LogP contribution in [0.1, 0.15) is 11.3 Å². The standard InChI is InChI=1S/C13H18N2O/c1-8-9(2)15(4)13-11(16-5)7-6-10(14-3)12(8)13/h6-7,14H,1-5H3. The Morgan fingerprint density at radius 2 is 1.94 bits per heavy atom. The van der Waals surface area contributed by atoms with Crippen molar-refractivity contribution in [3.63, 3.8) is 0 Å². The van der Waals surface area contributed by atoms with E-state index in [4.69, 9.17) is 4.74 Å². The molecule has 0 atom stereocenters. The van der Waals surface area contributed by atoms with Crippen LogP contribution < -0.4 is 10.1 Å². The first-order chi connectivity index (χ1) is 7.61. The molecule has 0 amide bonds. The largest absolute Gasteiger partial charge is 0.495 e. The molecule has 0 fully saturated rings. The van der Waals surface area contributed by atoms with E-state index in [9.17, 15) is 0 Å². The molecule has 0 radical (unpaired) electrons. The minimum absolute atomic E-state index is 0.924. The highest BCUT2D eigenvalue weighted by molar-refractivity contribution is 5.99. The normalized spacial score (nSPS) is 10.8. The summed E-state index contributed by atoms with van der Waals surface area (Å²) in [4.78, 5) is 0. The van der Waals surface area contributed by atoms with Gasteiger partial charge in [-0.2, -0.15) is 0 Å². The molecule has 0 spiro atoms. The van der Waals surface area contributed by atoms with Crippen molar-refractivity contribution in [2.24, 2.45) is 7.05 Å². The predicted molar refractivity (Wildman–Crippen MR) is 68.5 cm³/mol. The van der Waals surface area contributed by atoms with Crippen molar-refractivity contribution >= 4 is 16.6 Å². The van der Waals surface area contributed by atoms with E-state index in [-0.39, 0.29) is 0 Å². The summed E-state index contributed by atoms with van der Waals surface area (Å²) < 4.78 is 7.61. The molecule has 86 valence electrons. The first-order valence-electron chi connectivity index (χ1n) is 5.42. The van der Waals surface area contributed by atoms with Gasteiger partial charge in [-0.1, -0.05) is 0 Å². The number of rotatable bonds is 2. The molecule has 16 heavy (non-hydrogen) atoms. The van der Waals surface area contributed by atoms with Gasteiger partial charge in [-0.05, 0) is 31.5 Å². The molecule has 1 N–H and O–H groups in total. The van der Waals surface area contributed by atoms with Gasteiger partial charge in [-0.25, -0.2) is 0 Å². The summed E-state index contributed by atoms with van der Waals surface area (Å²) in [5.41, 5.74) is 4.89. The van der Waals surface area contributed by atoms with Gasteiger partial charge < -0.3 is 14.6 Å². The maximum atomic E-state index is 5.43. The molecule has 1 aromatic carbocycles. The molecule has 0 saturated carbocycles. The van der Waals surface area contributed by atoms with Gasteiger partial charge in [0.2, 0.25) is 0 Å². The van der Waals surface area contributed by atoms with Gasteiger partial charge in [0.1, 0.15) is 5.75 Å². The lowest BCUT2D eigenvalue weighted by Crippen LogP contribution is -1.95. The lowest BCUT2D eigenvalue weighted by molar-refractivity contribution is 0.418. The molecule has 3 nitrogen and oxygen atoms in total. The summed E-state index contributed by atoms with van der Waals surface area (Å²) in [5.74, 6) is 0.924. The number of nitrogens with zero attached hydrogens (tertiary/aromatic N) is 1. The van der Waals surface area contributed by atoms with Gasteiger partial charge in [0.25, 0.3) is 0 Å². The fourth-order valence-electron chi connectivity index (χ4n) is 2.26. The quantitative estimate of drug-likeness (QED) is 0.838. The van der Waals surface area contributed by atoms with E-state index < -0.39 is 0 Å². The summed E-state index contributed by atoms with van der Waals surface area (Å²) in [6.07, 6.45) is 0. The van der Waals surface area contributed by atoms with Crippen molar-refractivity contribution in [3.05, 3.63) is 23.4 Å². The molecule has 0 aliphatic rings. The monoisotopic (exact) mass is 218 g/mol. The van der Waals surface area contributed by atoms with E-state index in [1.807, 2.05) is 13.1 Å². The average molecular weight is 218 g/mol. The van der Waals surface area contributed by atoms with E-state index >= 15 is 0 Å². The number of fused-ring (bicyclic) bond motifs is 1. The van der Waals surface area contributed by atoms with Crippen LogP contribution in [0.3, 0.4) is 0 Å². The van der Waals surface area contributed by atoms with Crippen LogP contribution in [0.25, 0.3) is 10.9 Å². The van der Waals surface area contributed by atoms with Crippen LogP contribution in [0.4, 0.5) is 5.69 Å². The second-order valence-electron chi connectivity index (χ2n) is 4.06. The van der Waals surface area contributed by atoms with Crippen LogP contribution in [0, 0.1) is 13.8 Å². The van der Waals surface area contributed by atoms with Crippen molar-refractivity contribution < 1.29 is 4.74 Å². The third kappa shape index (κ3) is 1.28. The van der Waals surface area contributed by atoms with Gasteiger partial charge >= 0.3 is 0 Å². The Kier molecular flexibility index (Phi) is 2.54. The first kappa shape index (κ1) is 10.9. The van der Waals surface area contributed by atoms with Crippen molar-refractivity contribution in [1.82, 2.24) is 4.57 Å². The summed E-state index contributed by atoms with van der Waals surface area (Å²) in [6, 6.07) is 4.07. The van der Waals surface area contributed by atoms with E-state index in [2.05, 4.69) is 36.8 Å². The molecule has 2 aromatic rings. The van der Waals surface area contributed by atoms with E-state index in [0.717, 1.165) is 17.0 Å². The number of aromatic nitrogens is 1. The zero-order valence-electron chi connectivity index (χ0n) is 10.5. The number of anilines is 1. The highest BCUT2D eigenvalue weighted by Crippen LogP contribution is 2.36. The molecular weight excluding hydrogens is 200 g/mol. The summed E-state index contributed by atoms with van der Waals surface area (Å²) in [7, 11) is 5.74. The summed E-state index contributed by atoms with van der Waals surface area (Å²) in [6.45, 7) is 4.28. The minimum Gasteiger partial charge on any atom is -0.495 e. The molecule has 0 saturated heterocycles. The Hall–Kier alpha value is -1.64. The van der Waals surface area contributed by atoms with Crippen LogP contribution in [0.5, 0.6) is 5.75 Å². The van der Waals surface area contributed by atoms with E-state index in [1.54, 1.807) is 7.11 Å². The van der Waals surface area contributed by atoms with Gasteiger partial charge in [-0.15, -0.1) is 0 Å². The van der Waals surface area contributed by atoms with Crippen LogP contribution in [-0.4, -0.2) is 18.7 Å². The number of methoxy groups -OCH3 is 1. The third-order valence-corrected chi connectivity index (χ3v) is 3.39. The second kappa shape index (κ2) is 3.74. The molecule has 1 heterocycles. The van der Waals surface area contributed by atoms with E-state index in [1.165, 1.54) is 16.6 Å². The highest BCUT2D eigenvalue weighted by Gasteiger charge is 2.15. The van der Waals surface area contributed by atoms with Crippen molar-refractivity contribution in [1.29, 1.82) is 0 Å². The second-order valence-corrected chi connectivity index (χ2v) is 4.06. The Morgan fingerprint density at radius 1 is 1.25 bits per heavy atom. The zero-order chi connectivity index (χ0) is 11.9. The smallest absolute Gasteiger partial charge is 0.143 e. The summed E-state index contributed by atoms with van der Waals surface area (Å²) >= 11 is 0. The van der Waals surface area contributed by atoms with Crippen molar-refractivity contribution in [2.75, 3.05) is 19.5 Å². The van der Waals surface area contributed by atoms with Gasteiger partial charge in [0.15, 0.2) is 0 Å². The van der Waals surface area contributed by atoms with Crippen molar-refractivity contribution in [2.45, 2.75) is 13.8 Å². The Bertz CT molecular complexity index is 494. The maximum absolute atomic E-state index is 5.43. The number of ether oxygens (including phenoxy) is 1. The van der Waals surface area contributed by atoms with Gasteiger partial charge in [0, 0.05) is 30.9 Å². The third-order valence-electron chi connectivity index (χ3n) is 3.39. The first-order valence-corrected chi connectivity index (χ1v) is 5.42. The zero-order valence-corrected chi connectivity index (χ0v) is 10.5. The van der Waals surface area contributed by atoms with Crippen LogP contribution in [0.15, 0.2) is 12.1 Å². The maximum Gasteiger partial charge on any atom is 0.143 e. The van der Waals surface area contributed by atoms with Crippen LogP contribution in [0.2, 0.25) is 0 Å². The molecule has 3 heteroatoms. The van der Waals surface area contributed by atoms with Crippen LogP contribution in [-0.2, 0) is 7.05 Å². The van der Waals surface area contributed by atoms with Crippen LogP contribution >= 0.6 is 0 Å². The molecule has 0 bridgehead atoms. The number of aryl methyl sites for hydroxylation is 2. The predicted octanol–water partition coefficient (Wildman–Crippen LogP) is 2.85. The molecule has 0 aliphatic carbocycles. The Balaban J connectivity index is 2.96. The number of hydrogen-bond donors (Lipinski definition) is 1. The number of hydrogen-bond acceptors (Lipinski definition) is 2. The fourth-order valence-corrected chi connectivity index (χ4v) is 2.26. The molecular formula is C13H18N2O. The SMILES string of the molecule is CNc1ccc(OC)c2c1c(C)c(C)n2C. The number of benzene rings is 1. The lowest BCUT2D eigenvalue weighted by atomic mass is 10.1. The molecule has 0 aliphatic heterocycles. The lowest BCUT2D eigenvalue weighted by Gasteiger charge is -2.08. The van der Waals surface area contributed by atoms with Gasteiger partial charge in [-0.3, -0.25) is 0 Å². The average Bonchev–Trinajstić information content (AvgIpc) is 2.54. The van der Waals surface area contributed by atoms with Gasteiger partial charge in [0.05, 0.1) is 12.6 Å². The van der Waals surface area contributed by atoms with E-state index in [0.29, 0.717) is 0 Å². The highest BCUT2D eigenvalue weighted by atomic mass is 16.5. The molecule has 1 aromatic heterocycles. The topological polar surface area (TPSA) is 26.2 Å². The Morgan fingerprint density at radius 3 is 2.50 bits per heavy atom.